The van der Waals surface area contributed by atoms with Gasteiger partial charge in [-0.05, 0) is 37.1 Å². The van der Waals surface area contributed by atoms with Gasteiger partial charge in [-0.1, -0.05) is 41.6 Å². The van der Waals surface area contributed by atoms with E-state index in [1.165, 1.54) is 0 Å². The Morgan fingerprint density at radius 3 is 2.30 bits per heavy atom. The number of hydrogen-bond acceptors (Lipinski definition) is 5. The maximum Gasteiger partial charge on any atom is 0.315 e. The molecule has 27 heavy (non-hydrogen) atoms. The van der Waals surface area contributed by atoms with Crippen molar-refractivity contribution < 1.29 is 9.32 Å². The Morgan fingerprint density at radius 2 is 1.67 bits per heavy atom. The Balaban J connectivity index is 1.65. The van der Waals surface area contributed by atoms with E-state index >= 15 is 0 Å². The standard InChI is InChI=1S/C20H23N5O2/c1-13(2)23-20(26)22-12-15-5-9-17(10-6-15)19-24-18(25-27-19)16-7-3-14(11-21)4-8-16/h3-10,13H,11-12,21H2,1-2H3,(H2,22,23,26). The van der Waals surface area contributed by atoms with Crippen molar-refractivity contribution in [3.05, 3.63) is 59.7 Å². The molecule has 0 aliphatic carbocycles. The molecule has 1 heterocycles. The minimum atomic E-state index is -0.184. The van der Waals surface area contributed by atoms with Crippen molar-refractivity contribution in [2.24, 2.45) is 5.73 Å². The summed E-state index contributed by atoms with van der Waals surface area (Å²) in [5, 5.41) is 9.64. The summed E-state index contributed by atoms with van der Waals surface area (Å²) in [5.74, 6) is 0.981. The summed E-state index contributed by atoms with van der Waals surface area (Å²) in [4.78, 5) is 16.1. The van der Waals surface area contributed by atoms with Crippen molar-refractivity contribution in [1.29, 1.82) is 0 Å². The Hall–Kier alpha value is -3.19. The number of hydrogen-bond donors (Lipinski definition) is 3. The number of rotatable bonds is 6. The first-order valence-electron chi connectivity index (χ1n) is 8.82. The van der Waals surface area contributed by atoms with Gasteiger partial charge in [-0.3, -0.25) is 0 Å². The molecule has 3 aromatic rings. The fraction of sp³-hybridized carbons (Fsp3) is 0.250. The second-order valence-electron chi connectivity index (χ2n) is 6.50. The molecule has 7 heteroatoms. The van der Waals surface area contributed by atoms with Crippen molar-refractivity contribution in [3.8, 4) is 22.8 Å². The van der Waals surface area contributed by atoms with Gasteiger partial charge in [0, 0.05) is 30.3 Å². The summed E-state index contributed by atoms with van der Waals surface area (Å²) in [7, 11) is 0. The molecule has 0 bridgehead atoms. The molecule has 0 radical (unpaired) electrons. The van der Waals surface area contributed by atoms with Crippen LogP contribution < -0.4 is 16.4 Å². The highest BCUT2D eigenvalue weighted by Gasteiger charge is 2.11. The summed E-state index contributed by atoms with van der Waals surface area (Å²) in [6, 6.07) is 15.3. The van der Waals surface area contributed by atoms with Gasteiger partial charge < -0.3 is 20.9 Å². The molecule has 0 unspecified atom stereocenters. The van der Waals surface area contributed by atoms with E-state index in [2.05, 4.69) is 20.8 Å². The summed E-state index contributed by atoms with van der Waals surface area (Å²) in [6.07, 6.45) is 0. The normalized spacial score (nSPS) is 10.8. The van der Waals surface area contributed by atoms with Crippen LogP contribution in [0.15, 0.2) is 53.1 Å². The molecule has 0 atom stereocenters. The van der Waals surface area contributed by atoms with E-state index in [-0.39, 0.29) is 12.1 Å². The van der Waals surface area contributed by atoms with Crippen molar-refractivity contribution in [2.75, 3.05) is 0 Å². The van der Waals surface area contributed by atoms with Crippen LogP contribution in [0.2, 0.25) is 0 Å². The van der Waals surface area contributed by atoms with Crippen LogP contribution in [0.5, 0.6) is 0 Å². The highest BCUT2D eigenvalue weighted by molar-refractivity contribution is 5.74. The van der Waals surface area contributed by atoms with Crippen molar-refractivity contribution >= 4 is 6.03 Å². The summed E-state index contributed by atoms with van der Waals surface area (Å²) in [6.45, 7) is 4.78. The topological polar surface area (TPSA) is 106 Å². The molecule has 0 saturated carbocycles. The average Bonchev–Trinajstić information content (AvgIpc) is 3.16. The third kappa shape index (κ3) is 4.92. The summed E-state index contributed by atoms with van der Waals surface area (Å²) < 4.78 is 5.38. The molecule has 140 valence electrons. The van der Waals surface area contributed by atoms with Crippen LogP contribution in [0.3, 0.4) is 0 Å². The van der Waals surface area contributed by atoms with Crippen LogP contribution >= 0.6 is 0 Å². The van der Waals surface area contributed by atoms with E-state index in [1.807, 2.05) is 62.4 Å². The molecule has 0 aliphatic rings. The molecule has 4 N–H and O–H groups in total. The van der Waals surface area contributed by atoms with Crippen molar-refractivity contribution in [1.82, 2.24) is 20.8 Å². The molecule has 1 aromatic heterocycles. The van der Waals surface area contributed by atoms with Gasteiger partial charge >= 0.3 is 6.03 Å². The molecule has 3 rings (SSSR count). The fourth-order valence-corrected chi connectivity index (χ4v) is 2.51. The molecule has 0 aliphatic heterocycles. The maximum atomic E-state index is 11.6. The van der Waals surface area contributed by atoms with Gasteiger partial charge in [0.15, 0.2) is 0 Å². The van der Waals surface area contributed by atoms with E-state index in [4.69, 9.17) is 10.3 Å². The number of aromatic nitrogens is 2. The molecular formula is C20H23N5O2. The van der Waals surface area contributed by atoms with Crippen LogP contribution in [0, 0.1) is 0 Å². The van der Waals surface area contributed by atoms with Gasteiger partial charge in [0.05, 0.1) is 0 Å². The van der Waals surface area contributed by atoms with Crippen molar-refractivity contribution in [3.63, 3.8) is 0 Å². The average molecular weight is 365 g/mol. The highest BCUT2D eigenvalue weighted by Crippen LogP contribution is 2.22. The van der Waals surface area contributed by atoms with Crippen LogP contribution in [-0.4, -0.2) is 22.2 Å². The fourth-order valence-electron chi connectivity index (χ4n) is 2.51. The van der Waals surface area contributed by atoms with Gasteiger partial charge in [-0.2, -0.15) is 4.98 Å². The van der Waals surface area contributed by atoms with E-state index in [1.54, 1.807) is 0 Å². The quantitative estimate of drug-likeness (QED) is 0.622. The molecule has 7 nitrogen and oxygen atoms in total. The zero-order valence-electron chi connectivity index (χ0n) is 15.4. The molecule has 2 aromatic carbocycles. The van der Waals surface area contributed by atoms with Gasteiger partial charge in [0.25, 0.3) is 5.89 Å². The van der Waals surface area contributed by atoms with Crippen LogP contribution in [-0.2, 0) is 13.1 Å². The largest absolute Gasteiger partial charge is 0.336 e. The van der Waals surface area contributed by atoms with E-state index in [9.17, 15) is 4.79 Å². The van der Waals surface area contributed by atoms with Gasteiger partial charge in [-0.15, -0.1) is 0 Å². The third-order valence-electron chi connectivity index (χ3n) is 3.95. The number of carbonyl (C=O) groups excluding carboxylic acids is 1. The Bertz CT molecular complexity index is 885. The number of nitrogens with zero attached hydrogens (tertiary/aromatic N) is 2. The zero-order valence-corrected chi connectivity index (χ0v) is 15.4. The number of carbonyl (C=O) groups is 1. The number of nitrogens with one attached hydrogen (secondary N) is 2. The number of nitrogens with two attached hydrogens (primary N) is 1. The monoisotopic (exact) mass is 365 g/mol. The van der Waals surface area contributed by atoms with E-state index in [0.29, 0.717) is 24.8 Å². The zero-order chi connectivity index (χ0) is 19.2. The van der Waals surface area contributed by atoms with Gasteiger partial charge in [0.1, 0.15) is 0 Å². The lowest BCUT2D eigenvalue weighted by atomic mass is 10.1. The smallest absolute Gasteiger partial charge is 0.315 e. The van der Waals surface area contributed by atoms with Gasteiger partial charge in [0.2, 0.25) is 5.82 Å². The number of urea groups is 1. The lowest BCUT2D eigenvalue weighted by Crippen LogP contribution is -2.39. The minimum Gasteiger partial charge on any atom is -0.336 e. The van der Waals surface area contributed by atoms with Crippen molar-refractivity contribution in [2.45, 2.75) is 33.0 Å². The Morgan fingerprint density at radius 1 is 1.04 bits per heavy atom. The van der Waals surface area contributed by atoms with Crippen LogP contribution in [0.4, 0.5) is 4.79 Å². The predicted octanol–water partition coefficient (Wildman–Crippen LogP) is 3.07. The molecule has 0 saturated heterocycles. The third-order valence-corrected chi connectivity index (χ3v) is 3.95. The minimum absolute atomic E-state index is 0.102. The maximum absolute atomic E-state index is 11.6. The first kappa shape index (κ1) is 18.6. The van der Waals surface area contributed by atoms with Gasteiger partial charge in [-0.25, -0.2) is 4.79 Å². The van der Waals surface area contributed by atoms with E-state index in [0.717, 1.165) is 22.3 Å². The summed E-state index contributed by atoms with van der Waals surface area (Å²) in [5.41, 5.74) is 9.34. The second-order valence-corrected chi connectivity index (χ2v) is 6.50. The molecule has 0 fully saturated rings. The second kappa shape index (κ2) is 8.46. The molecule has 0 spiro atoms. The van der Waals surface area contributed by atoms with E-state index < -0.39 is 0 Å². The Kier molecular flexibility index (Phi) is 5.83. The first-order valence-corrected chi connectivity index (χ1v) is 8.82. The number of benzene rings is 2. The highest BCUT2D eigenvalue weighted by atomic mass is 16.5. The first-order chi connectivity index (χ1) is 13.0. The Labute approximate surface area is 158 Å². The van der Waals surface area contributed by atoms with Crippen LogP contribution in [0.25, 0.3) is 22.8 Å². The molecular weight excluding hydrogens is 342 g/mol. The predicted molar refractivity (Wildman–Crippen MR) is 104 cm³/mol. The molecule has 2 amide bonds. The van der Waals surface area contributed by atoms with Crippen LogP contribution in [0.1, 0.15) is 25.0 Å². The number of amides is 2. The summed E-state index contributed by atoms with van der Waals surface area (Å²) >= 11 is 0. The lowest BCUT2D eigenvalue weighted by Gasteiger charge is -2.10. The SMILES string of the molecule is CC(C)NC(=O)NCc1ccc(-c2nc(-c3ccc(CN)cc3)no2)cc1. The lowest BCUT2D eigenvalue weighted by molar-refractivity contribution is 0.238.